The molecule has 2 aromatic rings. The fourth-order valence-electron chi connectivity index (χ4n) is 2.05. The van der Waals surface area contributed by atoms with Crippen LogP contribution in [0.1, 0.15) is 25.6 Å². The number of fused-ring (bicyclic) bond motifs is 1. The minimum Gasteiger partial charge on any atom is -0.444 e. The van der Waals surface area contributed by atoms with E-state index in [2.05, 4.69) is 23.5 Å². The summed E-state index contributed by atoms with van der Waals surface area (Å²) in [6.45, 7) is 5.91. The summed E-state index contributed by atoms with van der Waals surface area (Å²) in [6.07, 6.45) is 0.300. The number of amides is 1. The smallest absolute Gasteiger partial charge is 0.407 e. The van der Waals surface area contributed by atoms with Gasteiger partial charge in [0.2, 0.25) is 0 Å². The third kappa shape index (κ3) is 4.72. The van der Waals surface area contributed by atoms with E-state index < -0.39 is 11.7 Å². The van der Waals surface area contributed by atoms with Gasteiger partial charge in [-0.05, 0) is 38.3 Å². The molecule has 2 rings (SSSR count). The molecule has 1 aromatic carbocycles. The molecule has 114 valence electrons. The highest BCUT2D eigenvalue weighted by molar-refractivity contribution is 7.19. The van der Waals surface area contributed by atoms with E-state index in [-0.39, 0.29) is 6.04 Å². The van der Waals surface area contributed by atoms with Crippen molar-refractivity contribution in [3.8, 4) is 0 Å². The SMILES string of the molecule is CC(C)(C)OC(=O)NC(CN)Cc1cc2ccccc2s1. The molecule has 1 amide bonds. The van der Waals surface area contributed by atoms with E-state index in [9.17, 15) is 4.79 Å². The van der Waals surface area contributed by atoms with E-state index in [1.54, 1.807) is 11.3 Å². The van der Waals surface area contributed by atoms with Crippen LogP contribution in [-0.4, -0.2) is 24.3 Å². The molecule has 0 aliphatic heterocycles. The fourth-order valence-corrected chi connectivity index (χ4v) is 3.19. The lowest BCUT2D eigenvalue weighted by Crippen LogP contribution is -2.44. The maximum absolute atomic E-state index is 11.8. The van der Waals surface area contributed by atoms with E-state index in [0.29, 0.717) is 6.54 Å². The minimum atomic E-state index is -0.499. The van der Waals surface area contributed by atoms with Crippen LogP contribution in [-0.2, 0) is 11.2 Å². The van der Waals surface area contributed by atoms with Crippen molar-refractivity contribution in [1.29, 1.82) is 0 Å². The predicted molar refractivity (Wildman–Crippen MR) is 87.7 cm³/mol. The molecule has 0 spiro atoms. The number of nitrogens with one attached hydrogen (secondary N) is 1. The van der Waals surface area contributed by atoms with Gasteiger partial charge in [-0.25, -0.2) is 4.79 Å². The first kappa shape index (κ1) is 15.8. The van der Waals surface area contributed by atoms with Gasteiger partial charge in [0.25, 0.3) is 0 Å². The molecule has 21 heavy (non-hydrogen) atoms. The Morgan fingerprint density at radius 1 is 1.38 bits per heavy atom. The van der Waals surface area contributed by atoms with Gasteiger partial charge in [0.1, 0.15) is 5.60 Å². The lowest BCUT2D eigenvalue weighted by Gasteiger charge is -2.22. The summed E-state index contributed by atoms with van der Waals surface area (Å²) in [4.78, 5) is 13.0. The van der Waals surface area contributed by atoms with Crippen molar-refractivity contribution in [3.63, 3.8) is 0 Å². The van der Waals surface area contributed by atoms with Crippen molar-refractivity contribution in [3.05, 3.63) is 35.2 Å². The predicted octanol–water partition coefficient (Wildman–Crippen LogP) is 3.30. The van der Waals surface area contributed by atoms with Crippen LogP contribution < -0.4 is 11.1 Å². The Kier molecular flexibility index (Phi) is 4.85. The highest BCUT2D eigenvalue weighted by Gasteiger charge is 2.19. The highest BCUT2D eigenvalue weighted by Crippen LogP contribution is 2.26. The van der Waals surface area contributed by atoms with Gasteiger partial charge in [-0.1, -0.05) is 18.2 Å². The van der Waals surface area contributed by atoms with Gasteiger partial charge in [-0.2, -0.15) is 0 Å². The Balaban J connectivity index is 2.00. The average Bonchev–Trinajstić information content (AvgIpc) is 2.77. The van der Waals surface area contributed by atoms with Crippen LogP contribution in [0.3, 0.4) is 0 Å². The second kappa shape index (κ2) is 6.45. The minimum absolute atomic E-state index is 0.118. The lowest BCUT2D eigenvalue weighted by atomic mass is 10.1. The van der Waals surface area contributed by atoms with Gasteiger partial charge >= 0.3 is 6.09 Å². The quantitative estimate of drug-likeness (QED) is 0.911. The van der Waals surface area contributed by atoms with Gasteiger partial charge in [-0.15, -0.1) is 11.3 Å². The van der Waals surface area contributed by atoms with Crippen molar-refractivity contribution >= 4 is 27.5 Å². The number of carbonyl (C=O) groups is 1. The number of ether oxygens (including phenoxy) is 1. The molecule has 0 bridgehead atoms. The molecular weight excluding hydrogens is 284 g/mol. The number of rotatable bonds is 4. The van der Waals surface area contributed by atoms with Crippen molar-refractivity contribution < 1.29 is 9.53 Å². The molecule has 4 nitrogen and oxygen atoms in total. The number of hydrogen-bond donors (Lipinski definition) is 2. The van der Waals surface area contributed by atoms with E-state index in [1.807, 2.05) is 32.9 Å². The van der Waals surface area contributed by atoms with Gasteiger partial charge < -0.3 is 15.8 Å². The van der Waals surface area contributed by atoms with E-state index >= 15 is 0 Å². The van der Waals surface area contributed by atoms with Crippen LogP contribution in [0, 0.1) is 0 Å². The monoisotopic (exact) mass is 306 g/mol. The Morgan fingerprint density at radius 3 is 2.71 bits per heavy atom. The summed E-state index contributed by atoms with van der Waals surface area (Å²) in [6, 6.07) is 10.3. The molecule has 0 saturated heterocycles. The molecule has 0 aliphatic carbocycles. The van der Waals surface area contributed by atoms with Crippen LogP contribution in [0.15, 0.2) is 30.3 Å². The zero-order valence-electron chi connectivity index (χ0n) is 12.7. The molecule has 0 aliphatic rings. The summed E-state index contributed by atoms with van der Waals surface area (Å²) < 4.78 is 6.51. The summed E-state index contributed by atoms with van der Waals surface area (Å²) >= 11 is 1.73. The molecule has 5 heteroatoms. The zero-order valence-corrected chi connectivity index (χ0v) is 13.5. The van der Waals surface area contributed by atoms with Gasteiger partial charge in [0.15, 0.2) is 0 Å². The summed E-state index contributed by atoms with van der Waals surface area (Å²) in [5.74, 6) is 0. The lowest BCUT2D eigenvalue weighted by molar-refractivity contribution is 0.0506. The standard InChI is InChI=1S/C16H22N2O2S/c1-16(2,3)20-15(19)18-12(10-17)9-13-8-11-6-4-5-7-14(11)21-13/h4-8,12H,9-10,17H2,1-3H3,(H,18,19). The van der Waals surface area contributed by atoms with Crippen LogP contribution in [0.4, 0.5) is 4.79 Å². The van der Waals surface area contributed by atoms with E-state index in [4.69, 9.17) is 10.5 Å². The van der Waals surface area contributed by atoms with Crippen LogP contribution in [0.5, 0.6) is 0 Å². The second-order valence-electron chi connectivity index (χ2n) is 6.03. The largest absolute Gasteiger partial charge is 0.444 e. The van der Waals surface area contributed by atoms with E-state index in [1.165, 1.54) is 15.0 Å². The molecule has 0 fully saturated rings. The number of alkyl carbamates (subject to hydrolysis) is 1. The molecular formula is C16H22N2O2S. The Morgan fingerprint density at radius 2 is 2.10 bits per heavy atom. The van der Waals surface area contributed by atoms with Crippen LogP contribution in [0.25, 0.3) is 10.1 Å². The molecule has 0 saturated carbocycles. The second-order valence-corrected chi connectivity index (χ2v) is 7.20. The van der Waals surface area contributed by atoms with Gasteiger partial charge in [-0.3, -0.25) is 0 Å². The summed E-state index contributed by atoms with van der Waals surface area (Å²) in [5.41, 5.74) is 5.26. The van der Waals surface area contributed by atoms with Crippen molar-refractivity contribution in [2.75, 3.05) is 6.54 Å². The van der Waals surface area contributed by atoms with Gasteiger partial charge in [0, 0.05) is 28.6 Å². The molecule has 3 N–H and O–H groups in total. The number of nitrogens with two attached hydrogens (primary N) is 1. The maximum atomic E-state index is 11.8. The van der Waals surface area contributed by atoms with Gasteiger partial charge in [0.05, 0.1) is 0 Å². The third-order valence-electron chi connectivity index (χ3n) is 2.93. The highest BCUT2D eigenvalue weighted by atomic mass is 32.1. The average molecular weight is 306 g/mol. The summed E-state index contributed by atoms with van der Waals surface area (Å²) in [7, 11) is 0. The molecule has 1 unspecified atom stereocenters. The molecule has 1 atom stereocenters. The first-order valence-corrected chi connectivity index (χ1v) is 7.86. The molecule has 1 aromatic heterocycles. The van der Waals surface area contributed by atoms with Crippen molar-refractivity contribution in [2.24, 2.45) is 5.73 Å². The number of thiophene rings is 1. The Hall–Kier alpha value is -1.59. The van der Waals surface area contributed by atoms with Crippen molar-refractivity contribution in [2.45, 2.75) is 38.8 Å². The Bertz CT molecular complexity index is 583. The third-order valence-corrected chi connectivity index (χ3v) is 4.07. The number of carbonyl (C=O) groups excluding carboxylic acids is 1. The summed E-state index contributed by atoms with van der Waals surface area (Å²) in [5, 5.41) is 4.06. The van der Waals surface area contributed by atoms with E-state index in [0.717, 1.165) is 6.42 Å². The zero-order chi connectivity index (χ0) is 15.5. The Labute approximate surface area is 129 Å². The van der Waals surface area contributed by atoms with Crippen LogP contribution in [0.2, 0.25) is 0 Å². The molecule has 1 heterocycles. The normalized spacial score (nSPS) is 13.1. The fraction of sp³-hybridized carbons (Fsp3) is 0.438. The van der Waals surface area contributed by atoms with Crippen LogP contribution >= 0.6 is 11.3 Å². The number of benzene rings is 1. The topological polar surface area (TPSA) is 64.3 Å². The van der Waals surface area contributed by atoms with Crippen molar-refractivity contribution in [1.82, 2.24) is 5.32 Å². The maximum Gasteiger partial charge on any atom is 0.407 e. The first-order chi connectivity index (χ1) is 9.87. The molecule has 0 radical (unpaired) electrons. The first-order valence-electron chi connectivity index (χ1n) is 7.04. The number of hydrogen-bond acceptors (Lipinski definition) is 4.